The second-order valence-corrected chi connectivity index (χ2v) is 2.62. The summed E-state index contributed by atoms with van der Waals surface area (Å²) >= 11 is 0. The third-order valence-electron chi connectivity index (χ3n) is 1.66. The van der Waals surface area contributed by atoms with Gasteiger partial charge in [0, 0.05) is 19.5 Å². The third-order valence-corrected chi connectivity index (χ3v) is 1.66. The lowest BCUT2D eigenvalue weighted by Gasteiger charge is -2.00. The van der Waals surface area contributed by atoms with E-state index in [2.05, 4.69) is 4.98 Å². The highest BCUT2D eigenvalue weighted by Crippen LogP contribution is 2.04. The number of hydrogen-bond acceptors (Lipinski definition) is 3. The van der Waals surface area contributed by atoms with E-state index >= 15 is 0 Å². The Kier molecular flexibility index (Phi) is 3.25. The maximum absolute atomic E-state index is 10.4. The molecule has 4 nitrogen and oxygen atoms in total. The van der Waals surface area contributed by atoms with Crippen LogP contribution in [0.1, 0.15) is 23.0 Å². The molecule has 0 bridgehead atoms. The molecule has 0 spiro atoms. The van der Waals surface area contributed by atoms with Crippen LogP contribution in [0.5, 0.6) is 0 Å². The summed E-state index contributed by atoms with van der Waals surface area (Å²) in [6.07, 6.45) is 3.01. The third kappa shape index (κ3) is 2.74. The fraction of sp³-hybridized carbons (Fsp3) is 0.333. The maximum Gasteiger partial charge on any atom is 0.302 e. The molecule has 0 fully saturated rings. The Morgan fingerprint density at radius 3 is 3.08 bits per heavy atom. The first-order valence-electron chi connectivity index (χ1n) is 3.99. The second kappa shape index (κ2) is 4.45. The molecule has 0 aliphatic carbocycles. The summed E-state index contributed by atoms with van der Waals surface area (Å²) in [6.45, 7) is 1.67. The zero-order valence-corrected chi connectivity index (χ0v) is 7.37. The molecule has 1 aromatic heterocycles. The number of carbonyl (C=O) groups is 2. The number of carbonyl (C=O) groups excluding carboxylic acids is 2. The zero-order chi connectivity index (χ0) is 9.68. The highest BCUT2D eigenvalue weighted by atomic mass is 16.5. The quantitative estimate of drug-likeness (QED) is 0.555. The molecular weight excluding hydrogens is 170 g/mol. The van der Waals surface area contributed by atoms with Crippen LogP contribution in [-0.4, -0.2) is 23.8 Å². The van der Waals surface area contributed by atoms with Crippen LogP contribution in [-0.2, 0) is 16.0 Å². The van der Waals surface area contributed by atoms with Gasteiger partial charge in [0.1, 0.15) is 0 Å². The summed E-state index contributed by atoms with van der Waals surface area (Å²) < 4.78 is 4.75. The second-order valence-electron chi connectivity index (χ2n) is 2.62. The Balaban J connectivity index is 2.44. The van der Waals surface area contributed by atoms with Gasteiger partial charge in [0.05, 0.1) is 12.3 Å². The van der Waals surface area contributed by atoms with Crippen LogP contribution in [0.15, 0.2) is 12.3 Å². The highest BCUT2D eigenvalue weighted by Gasteiger charge is 2.02. The number of aromatic nitrogens is 1. The van der Waals surface area contributed by atoms with Gasteiger partial charge in [-0.3, -0.25) is 9.59 Å². The number of H-pyrrole nitrogens is 1. The Morgan fingerprint density at radius 1 is 1.69 bits per heavy atom. The van der Waals surface area contributed by atoms with Gasteiger partial charge in [0.2, 0.25) is 0 Å². The van der Waals surface area contributed by atoms with E-state index in [-0.39, 0.29) is 5.97 Å². The number of hydrogen-bond donors (Lipinski definition) is 1. The topological polar surface area (TPSA) is 59.2 Å². The van der Waals surface area contributed by atoms with Crippen LogP contribution in [0, 0.1) is 0 Å². The van der Waals surface area contributed by atoms with E-state index in [1.807, 2.05) is 0 Å². The van der Waals surface area contributed by atoms with Crippen molar-refractivity contribution in [2.45, 2.75) is 13.3 Å². The number of nitrogens with one attached hydrogen (secondary N) is 1. The number of aldehydes is 1. The highest BCUT2D eigenvalue weighted by molar-refractivity contribution is 5.74. The minimum absolute atomic E-state index is 0.303. The van der Waals surface area contributed by atoms with E-state index in [4.69, 9.17) is 4.74 Å². The van der Waals surface area contributed by atoms with Crippen molar-refractivity contribution in [2.24, 2.45) is 0 Å². The minimum Gasteiger partial charge on any atom is -0.466 e. The van der Waals surface area contributed by atoms with E-state index in [0.717, 1.165) is 11.8 Å². The van der Waals surface area contributed by atoms with Crippen LogP contribution in [0.3, 0.4) is 0 Å². The standard InChI is InChI=1S/C9H11NO3/c1-7(12)13-5-3-8-2-4-10-9(8)6-11/h2,4,6,10H,3,5H2,1H3. The van der Waals surface area contributed by atoms with Crippen LogP contribution < -0.4 is 0 Å². The van der Waals surface area contributed by atoms with Crippen molar-refractivity contribution in [3.05, 3.63) is 23.5 Å². The lowest BCUT2D eigenvalue weighted by molar-refractivity contribution is -0.140. The van der Waals surface area contributed by atoms with Crippen molar-refractivity contribution in [2.75, 3.05) is 6.61 Å². The van der Waals surface area contributed by atoms with E-state index in [0.29, 0.717) is 18.7 Å². The van der Waals surface area contributed by atoms with Gasteiger partial charge in [-0.05, 0) is 11.6 Å². The molecule has 4 heteroatoms. The first-order chi connectivity index (χ1) is 6.24. The smallest absolute Gasteiger partial charge is 0.302 e. The van der Waals surface area contributed by atoms with E-state index in [1.165, 1.54) is 6.92 Å². The summed E-state index contributed by atoms with van der Waals surface area (Å²) in [7, 11) is 0. The molecule has 0 radical (unpaired) electrons. The molecule has 0 saturated carbocycles. The summed E-state index contributed by atoms with van der Waals surface area (Å²) in [5.41, 5.74) is 1.42. The molecule has 0 aliphatic rings. The van der Waals surface area contributed by atoms with Crippen LogP contribution in [0.4, 0.5) is 0 Å². The van der Waals surface area contributed by atoms with Crippen LogP contribution in [0.2, 0.25) is 0 Å². The Bertz CT molecular complexity index is 304. The van der Waals surface area contributed by atoms with Crippen molar-refractivity contribution in [3.8, 4) is 0 Å². The van der Waals surface area contributed by atoms with Crippen LogP contribution >= 0.6 is 0 Å². The largest absolute Gasteiger partial charge is 0.466 e. The number of ether oxygens (including phenoxy) is 1. The summed E-state index contributed by atoms with van der Waals surface area (Å²) in [4.78, 5) is 23.7. The SMILES string of the molecule is CC(=O)OCCc1cc[nH]c1C=O. The van der Waals surface area contributed by atoms with Crippen molar-refractivity contribution in [3.63, 3.8) is 0 Å². The molecule has 0 aliphatic heterocycles. The van der Waals surface area contributed by atoms with Gasteiger partial charge in [-0.2, -0.15) is 0 Å². The summed E-state index contributed by atoms with van der Waals surface area (Å²) in [5, 5.41) is 0. The molecular formula is C9H11NO3. The molecule has 1 aromatic rings. The number of aromatic amines is 1. The van der Waals surface area contributed by atoms with Gasteiger partial charge in [-0.25, -0.2) is 0 Å². The normalized spacial score (nSPS) is 9.62. The average molecular weight is 181 g/mol. The summed E-state index contributed by atoms with van der Waals surface area (Å²) in [5.74, 6) is -0.303. The van der Waals surface area contributed by atoms with E-state index in [1.54, 1.807) is 12.3 Å². The molecule has 1 N–H and O–H groups in total. The molecule has 70 valence electrons. The first kappa shape index (κ1) is 9.51. The van der Waals surface area contributed by atoms with Crippen molar-refractivity contribution < 1.29 is 14.3 Å². The minimum atomic E-state index is -0.303. The Hall–Kier alpha value is -1.58. The monoisotopic (exact) mass is 181 g/mol. The molecule has 0 unspecified atom stereocenters. The van der Waals surface area contributed by atoms with Gasteiger partial charge in [0.25, 0.3) is 0 Å². The number of rotatable bonds is 4. The Morgan fingerprint density at radius 2 is 2.46 bits per heavy atom. The number of esters is 1. The van der Waals surface area contributed by atoms with Crippen molar-refractivity contribution >= 4 is 12.3 Å². The van der Waals surface area contributed by atoms with E-state index in [9.17, 15) is 9.59 Å². The molecule has 0 aromatic carbocycles. The van der Waals surface area contributed by atoms with Crippen LogP contribution in [0.25, 0.3) is 0 Å². The zero-order valence-electron chi connectivity index (χ0n) is 7.37. The van der Waals surface area contributed by atoms with E-state index < -0.39 is 0 Å². The van der Waals surface area contributed by atoms with Crippen molar-refractivity contribution in [1.29, 1.82) is 0 Å². The molecule has 0 atom stereocenters. The molecule has 1 rings (SSSR count). The first-order valence-corrected chi connectivity index (χ1v) is 3.99. The predicted molar refractivity (Wildman–Crippen MR) is 46.5 cm³/mol. The lowest BCUT2D eigenvalue weighted by Crippen LogP contribution is -2.04. The Labute approximate surface area is 75.9 Å². The maximum atomic E-state index is 10.4. The molecule has 13 heavy (non-hydrogen) atoms. The molecule has 0 saturated heterocycles. The average Bonchev–Trinajstić information content (AvgIpc) is 2.51. The molecule has 1 heterocycles. The fourth-order valence-corrected chi connectivity index (χ4v) is 1.05. The predicted octanol–water partition coefficient (Wildman–Crippen LogP) is 0.933. The van der Waals surface area contributed by atoms with Gasteiger partial charge in [-0.1, -0.05) is 0 Å². The van der Waals surface area contributed by atoms with Gasteiger partial charge < -0.3 is 9.72 Å². The van der Waals surface area contributed by atoms with Gasteiger partial charge >= 0.3 is 5.97 Å². The summed E-state index contributed by atoms with van der Waals surface area (Å²) in [6, 6.07) is 1.80. The lowest BCUT2D eigenvalue weighted by atomic mass is 10.2. The fourth-order valence-electron chi connectivity index (χ4n) is 1.05. The molecule has 0 amide bonds. The van der Waals surface area contributed by atoms with Crippen molar-refractivity contribution in [1.82, 2.24) is 4.98 Å². The van der Waals surface area contributed by atoms with Gasteiger partial charge in [-0.15, -0.1) is 0 Å². The van der Waals surface area contributed by atoms with Gasteiger partial charge in [0.15, 0.2) is 6.29 Å².